The van der Waals surface area contributed by atoms with Crippen LogP contribution < -0.4 is 10.2 Å². The van der Waals surface area contributed by atoms with E-state index in [0.717, 1.165) is 42.4 Å². The van der Waals surface area contributed by atoms with Crippen LogP contribution in [0.5, 0.6) is 0 Å². The molecular weight excluding hydrogens is 371 g/mol. The van der Waals surface area contributed by atoms with Crippen LogP contribution in [0.15, 0.2) is 18.5 Å². The minimum Gasteiger partial charge on any atom is -0.350 e. The Balaban J connectivity index is 1.45. The molecule has 2 aliphatic rings. The molecule has 0 aromatic carbocycles. The van der Waals surface area contributed by atoms with E-state index in [2.05, 4.69) is 20.2 Å². The summed E-state index contributed by atoms with van der Waals surface area (Å²) in [6.07, 6.45) is 2.82. The number of amides is 1. The smallest absolute Gasteiger partial charge is 0.350 e. The van der Waals surface area contributed by atoms with Gasteiger partial charge in [-0.1, -0.05) is 0 Å². The molecule has 28 heavy (non-hydrogen) atoms. The summed E-state index contributed by atoms with van der Waals surface area (Å²) in [6, 6.07) is 2.19. The van der Waals surface area contributed by atoms with Crippen LogP contribution >= 0.6 is 0 Å². The third kappa shape index (κ3) is 3.80. The van der Waals surface area contributed by atoms with Gasteiger partial charge in [-0.15, -0.1) is 0 Å². The Bertz CT molecular complexity index is 857. The number of fused-ring (bicyclic) bond motifs is 3. The molecule has 0 saturated heterocycles. The molecule has 2 aromatic heterocycles. The van der Waals surface area contributed by atoms with E-state index in [1.807, 2.05) is 12.3 Å². The van der Waals surface area contributed by atoms with Gasteiger partial charge in [0.1, 0.15) is 5.65 Å². The molecule has 1 aliphatic heterocycles. The van der Waals surface area contributed by atoms with Crippen LogP contribution in [0.3, 0.4) is 0 Å². The lowest BCUT2D eigenvalue weighted by molar-refractivity contribution is -0.144. The van der Waals surface area contributed by atoms with E-state index in [1.165, 1.54) is 11.9 Å². The topological polar surface area (TPSA) is 64.3 Å². The summed E-state index contributed by atoms with van der Waals surface area (Å²) < 4.78 is 37.6. The first-order chi connectivity index (χ1) is 13.3. The van der Waals surface area contributed by atoms with E-state index in [4.69, 9.17) is 0 Å². The van der Waals surface area contributed by atoms with Crippen molar-refractivity contribution in [2.75, 3.05) is 31.7 Å². The minimum absolute atomic E-state index is 0.121. The van der Waals surface area contributed by atoms with Crippen molar-refractivity contribution in [3.63, 3.8) is 0 Å². The van der Waals surface area contributed by atoms with Gasteiger partial charge >= 0.3 is 6.18 Å². The summed E-state index contributed by atoms with van der Waals surface area (Å²) in [5, 5.41) is 3.85. The number of carbonyl (C=O) groups excluding carboxylic acids is 1. The molecule has 1 amide bonds. The largest absolute Gasteiger partial charge is 0.401 e. The van der Waals surface area contributed by atoms with Gasteiger partial charge in [0.2, 0.25) is 0 Å². The third-order valence-electron chi connectivity index (χ3n) is 5.78. The Labute approximate surface area is 161 Å². The quantitative estimate of drug-likeness (QED) is 0.835. The van der Waals surface area contributed by atoms with Crippen molar-refractivity contribution in [2.45, 2.75) is 37.9 Å². The maximum absolute atomic E-state index is 12.5. The zero-order valence-electron chi connectivity index (χ0n) is 15.7. The van der Waals surface area contributed by atoms with Crippen LogP contribution in [0, 0.1) is 5.92 Å². The second kappa shape index (κ2) is 7.27. The third-order valence-corrected chi connectivity index (χ3v) is 5.78. The second-order valence-corrected chi connectivity index (χ2v) is 7.88. The molecule has 4 rings (SSSR count). The maximum Gasteiger partial charge on any atom is 0.401 e. The van der Waals surface area contributed by atoms with Crippen LogP contribution in [0.2, 0.25) is 0 Å². The number of aromatic nitrogens is 2. The molecule has 0 spiro atoms. The van der Waals surface area contributed by atoms with Gasteiger partial charge in [-0.2, -0.15) is 13.2 Å². The molecule has 2 N–H and O–H groups in total. The highest BCUT2D eigenvalue weighted by Gasteiger charge is 2.34. The highest BCUT2D eigenvalue weighted by Crippen LogP contribution is 2.37. The van der Waals surface area contributed by atoms with Crippen LogP contribution in [0.25, 0.3) is 11.0 Å². The fourth-order valence-corrected chi connectivity index (χ4v) is 4.56. The molecule has 9 heteroatoms. The first kappa shape index (κ1) is 19.0. The predicted molar refractivity (Wildman–Crippen MR) is 100 cm³/mol. The van der Waals surface area contributed by atoms with Gasteiger partial charge in [0.05, 0.1) is 24.5 Å². The molecule has 0 unspecified atom stereocenters. The predicted octanol–water partition coefficient (Wildman–Crippen LogP) is 3.12. The zero-order valence-corrected chi connectivity index (χ0v) is 15.7. The average molecular weight is 395 g/mol. The van der Waals surface area contributed by atoms with Crippen molar-refractivity contribution in [2.24, 2.45) is 5.92 Å². The second-order valence-electron chi connectivity index (χ2n) is 7.88. The Morgan fingerprint density at radius 1 is 1.29 bits per heavy atom. The summed E-state index contributed by atoms with van der Waals surface area (Å²) in [5.74, 6) is 0.150. The van der Waals surface area contributed by atoms with Crippen LogP contribution in [0.1, 0.15) is 36.0 Å². The van der Waals surface area contributed by atoms with Crippen molar-refractivity contribution in [1.29, 1.82) is 0 Å². The zero-order chi connectivity index (χ0) is 19.9. The van der Waals surface area contributed by atoms with Crippen molar-refractivity contribution in [3.05, 3.63) is 24.0 Å². The molecule has 2 aromatic rings. The molecule has 3 heterocycles. The number of hydrogen-bond acceptors (Lipinski definition) is 4. The Morgan fingerprint density at radius 3 is 2.75 bits per heavy atom. The first-order valence-electron chi connectivity index (χ1n) is 9.58. The number of pyridine rings is 1. The van der Waals surface area contributed by atoms with Crippen LogP contribution in [0.4, 0.5) is 18.9 Å². The fraction of sp³-hybridized carbons (Fsp3) is 0.579. The van der Waals surface area contributed by atoms with Gasteiger partial charge in [0.25, 0.3) is 5.91 Å². The number of anilines is 1. The highest BCUT2D eigenvalue weighted by atomic mass is 19.4. The van der Waals surface area contributed by atoms with Crippen molar-refractivity contribution in [3.8, 4) is 0 Å². The van der Waals surface area contributed by atoms with Gasteiger partial charge in [0, 0.05) is 30.4 Å². The van der Waals surface area contributed by atoms with Crippen molar-refractivity contribution >= 4 is 22.6 Å². The Morgan fingerprint density at radius 2 is 2.04 bits per heavy atom. The lowest BCUT2D eigenvalue weighted by Crippen LogP contribution is -2.50. The van der Waals surface area contributed by atoms with E-state index >= 15 is 0 Å². The molecule has 1 aliphatic carbocycles. The molecule has 6 nitrogen and oxygen atoms in total. The maximum atomic E-state index is 12.5. The van der Waals surface area contributed by atoms with Gasteiger partial charge in [0.15, 0.2) is 0 Å². The lowest BCUT2D eigenvalue weighted by Gasteiger charge is -2.41. The van der Waals surface area contributed by atoms with Crippen LogP contribution in [-0.4, -0.2) is 59.8 Å². The fourth-order valence-electron chi connectivity index (χ4n) is 4.56. The van der Waals surface area contributed by atoms with Gasteiger partial charge in [-0.3, -0.25) is 9.69 Å². The van der Waals surface area contributed by atoms with Crippen molar-refractivity contribution in [1.82, 2.24) is 20.2 Å². The number of rotatable bonds is 4. The normalized spacial score (nSPS) is 23.2. The summed E-state index contributed by atoms with van der Waals surface area (Å²) >= 11 is 0. The standard InChI is InChI=1S/C19H24F3N5O/c1-26(10-19(20,21)22)9-12-2-4-13(5-3-12)27-11-25-18(28)15-8-24-17-14(16(15)27)6-7-23-17/h6-8,12-13H,2-5,9-11H2,1H3,(H,23,24)(H,25,28)/t12-,13-. The number of aromatic amines is 1. The summed E-state index contributed by atoms with van der Waals surface area (Å²) in [6.45, 7) is 0.0435. The van der Waals surface area contributed by atoms with E-state index in [1.54, 1.807) is 6.20 Å². The van der Waals surface area contributed by atoms with Crippen LogP contribution in [-0.2, 0) is 0 Å². The molecule has 0 atom stereocenters. The summed E-state index contributed by atoms with van der Waals surface area (Å²) in [4.78, 5) is 23.3. The number of alkyl halides is 3. The van der Waals surface area contributed by atoms with Gasteiger partial charge in [-0.05, 0) is 44.7 Å². The SMILES string of the molecule is CN(CC(F)(F)F)C[C@H]1CC[C@H](N2CNC(=O)c3cnc4[nH]ccc4c32)CC1. The number of carbonyl (C=O) groups is 1. The van der Waals surface area contributed by atoms with E-state index < -0.39 is 12.7 Å². The number of nitrogens with one attached hydrogen (secondary N) is 2. The number of nitrogens with zero attached hydrogens (tertiary/aromatic N) is 3. The molecule has 1 saturated carbocycles. The van der Waals surface area contributed by atoms with E-state index in [0.29, 0.717) is 18.8 Å². The highest BCUT2D eigenvalue weighted by molar-refractivity contribution is 6.08. The Kier molecular flexibility index (Phi) is 4.95. The van der Waals surface area contributed by atoms with Crippen molar-refractivity contribution < 1.29 is 18.0 Å². The summed E-state index contributed by atoms with van der Waals surface area (Å²) in [5.41, 5.74) is 2.24. The number of hydrogen-bond donors (Lipinski definition) is 2. The molecule has 152 valence electrons. The van der Waals surface area contributed by atoms with Gasteiger partial charge < -0.3 is 15.2 Å². The molecule has 0 bridgehead atoms. The van der Waals surface area contributed by atoms with E-state index in [9.17, 15) is 18.0 Å². The lowest BCUT2D eigenvalue weighted by atomic mass is 9.84. The summed E-state index contributed by atoms with van der Waals surface area (Å²) in [7, 11) is 1.53. The number of H-pyrrole nitrogens is 1. The number of halogens is 3. The molecular formula is C19H24F3N5O. The monoisotopic (exact) mass is 395 g/mol. The first-order valence-corrected chi connectivity index (χ1v) is 9.58. The van der Waals surface area contributed by atoms with E-state index in [-0.39, 0.29) is 17.9 Å². The molecule has 0 radical (unpaired) electrons. The minimum atomic E-state index is -4.16. The molecule has 1 fully saturated rings. The Hall–Kier alpha value is -2.29. The average Bonchev–Trinajstić information content (AvgIpc) is 3.10. The van der Waals surface area contributed by atoms with Gasteiger partial charge in [-0.25, -0.2) is 4.98 Å².